The topological polar surface area (TPSA) is 37.8 Å². The highest BCUT2D eigenvalue weighted by molar-refractivity contribution is 7.98. The summed E-state index contributed by atoms with van der Waals surface area (Å²) in [7, 11) is 0. The van der Waals surface area contributed by atoms with Crippen molar-refractivity contribution in [2.24, 2.45) is 0 Å². The Morgan fingerprint density at radius 1 is 0.824 bits per heavy atom. The van der Waals surface area contributed by atoms with Crippen LogP contribution < -0.4 is 5.32 Å². The Kier molecular flexibility index (Phi) is 6.33. The number of fused-ring (bicyclic) bond motifs is 1. The summed E-state index contributed by atoms with van der Waals surface area (Å²) in [5.41, 5.74) is 6.94. The van der Waals surface area contributed by atoms with Crippen LogP contribution in [0.15, 0.2) is 102 Å². The van der Waals surface area contributed by atoms with Crippen LogP contribution in [0.4, 0.5) is 5.82 Å². The molecule has 34 heavy (non-hydrogen) atoms. The molecule has 0 spiro atoms. The Labute approximate surface area is 205 Å². The molecule has 3 nitrogen and oxygen atoms in total. The second-order valence-electron chi connectivity index (χ2n) is 8.47. The van der Waals surface area contributed by atoms with Gasteiger partial charge >= 0.3 is 0 Å². The number of aryl methyl sites for hydroxylation is 1. The van der Waals surface area contributed by atoms with Gasteiger partial charge < -0.3 is 5.32 Å². The van der Waals surface area contributed by atoms with Gasteiger partial charge in [-0.15, -0.1) is 11.8 Å². The normalized spacial score (nSPS) is 12.0. The first-order valence-corrected chi connectivity index (χ1v) is 12.7. The molecule has 0 radical (unpaired) electrons. The van der Waals surface area contributed by atoms with Gasteiger partial charge in [0.25, 0.3) is 0 Å². The molecule has 0 fully saturated rings. The van der Waals surface area contributed by atoms with Crippen molar-refractivity contribution < 1.29 is 0 Å². The van der Waals surface area contributed by atoms with Gasteiger partial charge in [0.15, 0.2) is 0 Å². The van der Waals surface area contributed by atoms with Gasteiger partial charge in [-0.05, 0) is 53.8 Å². The molecule has 4 heteroatoms. The molecule has 0 amide bonds. The number of aromatic nitrogens is 2. The molecule has 1 N–H and O–H groups in total. The van der Waals surface area contributed by atoms with E-state index in [1.165, 1.54) is 22.1 Å². The average molecular weight is 462 g/mol. The number of anilines is 1. The van der Waals surface area contributed by atoms with Crippen LogP contribution >= 0.6 is 11.8 Å². The minimum Gasteiger partial charge on any atom is -0.363 e. The van der Waals surface area contributed by atoms with E-state index in [2.05, 4.69) is 109 Å². The molecule has 2 heterocycles. The van der Waals surface area contributed by atoms with Gasteiger partial charge in [-0.3, -0.25) is 4.98 Å². The number of thioether (sulfide) groups is 1. The number of hydrogen-bond donors (Lipinski definition) is 1. The Morgan fingerprint density at radius 2 is 1.56 bits per heavy atom. The molecular formula is C30H27N3S. The predicted octanol–water partition coefficient (Wildman–Crippen LogP) is 8.17. The molecule has 5 aromatic rings. The van der Waals surface area contributed by atoms with Crippen LogP contribution in [0.1, 0.15) is 24.1 Å². The van der Waals surface area contributed by atoms with Gasteiger partial charge in [-0.2, -0.15) is 0 Å². The summed E-state index contributed by atoms with van der Waals surface area (Å²) < 4.78 is 0. The van der Waals surface area contributed by atoms with Crippen molar-refractivity contribution in [3.05, 3.63) is 108 Å². The maximum Gasteiger partial charge on any atom is 0.136 e. The second kappa shape index (κ2) is 9.70. The van der Waals surface area contributed by atoms with Crippen molar-refractivity contribution >= 4 is 28.4 Å². The van der Waals surface area contributed by atoms with E-state index in [-0.39, 0.29) is 6.04 Å². The van der Waals surface area contributed by atoms with Gasteiger partial charge in [-0.25, -0.2) is 4.98 Å². The maximum atomic E-state index is 5.20. The number of pyridine rings is 2. The van der Waals surface area contributed by atoms with Crippen LogP contribution in [-0.4, -0.2) is 16.2 Å². The summed E-state index contributed by atoms with van der Waals surface area (Å²) in [6, 6.07) is 29.9. The molecule has 2 aromatic heterocycles. The van der Waals surface area contributed by atoms with Crippen LogP contribution in [-0.2, 0) is 0 Å². The highest BCUT2D eigenvalue weighted by Crippen LogP contribution is 2.43. The third-order valence-electron chi connectivity index (χ3n) is 6.09. The van der Waals surface area contributed by atoms with Gasteiger partial charge in [-0.1, -0.05) is 78.9 Å². The lowest BCUT2D eigenvalue weighted by atomic mass is 9.94. The Hall–Kier alpha value is -3.63. The molecule has 0 saturated carbocycles. The summed E-state index contributed by atoms with van der Waals surface area (Å²) in [4.78, 5) is 9.68. The van der Waals surface area contributed by atoms with Crippen molar-refractivity contribution in [1.82, 2.24) is 9.97 Å². The number of nitrogens with zero attached hydrogens (tertiary/aromatic N) is 2. The van der Waals surface area contributed by atoms with E-state index in [1.54, 1.807) is 11.8 Å². The first-order valence-electron chi connectivity index (χ1n) is 11.5. The fourth-order valence-electron chi connectivity index (χ4n) is 4.46. The Bertz CT molecular complexity index is 1430. The largest absolute Gasteiger partial charge is 0.363 e. The van der Waals surface area contributed by atoms with E-state index in [0.29, 0.717) is 0 Å². The summed E-state index contributed by atoms with van der Waals surface area (Å²) in [5.74, 6) is 0.902. The SMILES string of the molecule is CSc1nc(NC(C)c2ccccc2)c2c(-c3ccccc3)cccc2c1-c1cncc(C)c1. The van der Waals surface area contributed by atoms with Crippen LogP contribution in [0.2, 0.25) is 0 Å². The first-order chi connectivity index (χ1) is 16.7. The third-order valence-corrected chi connectivity index (χ3v) is 6.77. The molecule has 0 aliphatic carbocycles. The van der Waals surface area contributed by atoms with E-state index in [4.69, 9.17) is 4.98 Å². The smallest absolute Gasteiger partial charge is 0.136 e. The number of rotatable bonds is 6. The Balaban J connectivity index is 1.79. The molecule has 5 rings (SSSR count). The van der Waals surface area contributed by atoms with Gasteiger partial charge in [0.2, 0.25) is 0 Å². The summed E-state index contributed by atoms with van der Waals surface area (Å²) in [5, 5.41) is 7.04. The number of nitrogens with one attached hydrogen (secondary N) is 1. The lowest BCUT2D eigenvalue weighted by Crippen LogP contribution is -2.09. The van der Waals surface area contributed by atoms with Crippen LogP contribution in [0.25, 0.3) is 33.0 Å². The molecule has 3 aromatic carbocycles. The molecule has 168 valence electrons. The highest BCUT2D eigenvalue weighted by Gasteiger charge is 2.20. The molecule has 1 atom stereocenters. The van der Waals surface area contributed by atoms with Gasteiger partial charge in [0.1, 0.15) is 10.8 Å². The summed E-state index contributed by atoms with van der Waals surface area (Å²) >= 11 is 1.67. The zero-order valence-electron chi connectivity index (χ0n) is 19.6. The molecule has 0 aliphatic heterocycles. The van der Waals surface area contributed by atoms with E-state index < -0.39 is 0 Å². The number of hydrogen-bond acceptors (Lipinski definition) is 4. The maximum absolute atomic E-state index is 5.20. The monoisotopic (exact) mass is 461 g/mol. The average Bonchev–Trinajstić information content (AvgIpc) is 2.89. The minimum atomic E-state index is 0.113. The van der Waals surface area contributed by atoms with E-state index >= 15 is 0 Å². The van der Waals surface area contributed by atoms with Crippen LogP contribution in [0.5, 0.6) is 0 Å². The zero-order chi connectivity index (χ0) is 23.5. The van der Waals surface area contributed by atoms with Gasteiger partial charge in [0.05, 0.1) is 0 Å². The van der Waals surface area contributed by atoms with Crippen LogP contribution in [0.3, 0.4) is 0 Å². The highest BCUT2D eigenvalue weighted by atomic mass is 32.2. The van der Waals surface area contributed by atoms with Crippen molar-refractivity contribution in [2.75, 3.05) is 11.6 Å². The van der Waals surface area contributed by atoms with Crippen molar-refractivity contribution in [2.45, 2.75) is 24.9 Å². The van der Waals surface area contributed by atoms with Crippen LogP contribution in [0, 0.1) is 6.92 Å². The fourth-order valence-corrected chi connectivity index (χ4v) is 5.07. The zero-order valence-corrected chi connectivity index (χ0v) is 20.4. The summed E-state index contributed by atoms with van der Waals surface area (Å²) in [6.07, 6.45) is 5.93. The van der Waals surface area contributed by atoms with Crippen molar-refractivity contribution in [3.8, 4) is 22.3 Å². The molecular weight excluding hydrogens is 434 g/mol. The third kappa shape index (κ3) is 4.29. The minimum absolute atomic E-state index is 0.113. The lowest BCUT2D eigenvalue weighted by molar-refractivity contribution is 0.872. The van der Waals surface area contributed by atoms with Crippen molar-refractivity contribution in [3.63, 3.8) is 0 Å². The van der Waals surface area contributed by atoms with E-state index in [9.17, 15) is 0 Å². The lowest BCUT2D eigenvalue weighted by Gasteiger charge is -2.21. The van der Waals surface area contributed by atoms with E-state index in [1.807, 2.05) is 18.5 Å². The Morgan fingerprint density at radius 3 is 2.26 bits per heavy atom. The molecule has 1 unspecified atom stereocenters. The standard InChI is InChI=1S/C30H27N3S/c1-20-17-24(19-31-18-20)27-26-16-10-15-25(23-13-8-5-9-14-23)28(26)29(33-30(27)34-3)32-21(2)22-11-6-4-7-12-22/h4-19,21H,1-3H3,(H,32,33). The van der Waals surface area contributed by atoms with Crippen molar-refractivity contribution in [1.29, 1.82) is 0 Å². The predicted molar refractivity (Wildman–Crippen MR) is 145 cm³/mol. The quantitative estimate of drug-likeness (QED) is 0.259. The van der Waals surface area contributed by atoms with E-state index in [0.717, 1.165) is 32.9 Å². The summed E-state index contributed by atoms with van der Waals surface area (Å²) in [6.45, 7) is 4.27. The molecule has 0 saturated heterocycles. The molecule has 0 aliphatic rings. The van der Waals surface area contributed by atoms with Gasteiger partial charge in [0, 0.05) is 34.9 Å². The fraction of sp³-hybridized carbons (Fsp3) is 0.133. The first kappa shape index (κ1) is 22.2. The number of benzene rings is 3. The second-order valence-corrected chi connectivity index (χ2v) is 9.26. The molecule has 0 bridgehead atoms.